The van der Waals surface area contributed by atoms with Crippen LogP contribution >= 0.6 is 0 Å². The van der Waals surface area contributed by atoms with E-state index in [0.717, 1.165) is 19.3 Å². The molecule has 1 atom stereocenters. The number of unbranched alkanes of at least 4 members (excludes halogenated alkanes) is 6. The van der Waals surface area contributed by atoms with Gasteiger partial charge in [0.25, 0.3) is 0 Å². The first-order valence-corrected chi connectivity index (χ1v) is 7.40. The third-order valence-corrected chi connectivity index (χ3v) is 3.36. The zero-order valence-electron chi connectivity index (χ0n) is 11.6. The Bertz CT molecular complexity index is 286. The fourth-order valence-corrected chi connectivity index (χ4v) is 2.23. The molecule has 102 valence electrons. The molecule has 0 radical (unpaired) electrons. The summed E-state index contributed by atoms with van der Waals surface area (Å²) < 4.78 is 0. The molecule has 1 aromatic rings. The molecule has 0 aliphatic heterocycles. The highest BCUT2D eigenvalue weighted by Gasteiger charge is 2.04. The fourth-order valence-electron chi connectivity index (χ4n) is 2.23. The van der Waals surface area contributed by atoms with Gasteiger partial charge in [0.1, 0.15) is 0 Å². The van der Waals surface area contributed by atoms with Crippen molar-refractivity contribution in [1.29, 1.82) is 0 Å². The van der Waals surface area contributed by atoms with Crippen LogP contribution in [-0.4, -0.2) is 16.2 Å². The van der Waals surface area contributed by atoms with Crippen molar-refractivity contribution in [3.8, 4) is 0 Å². The summed E-state index contributed by atoms with van der Waals surface area (Å²) in [7, 11) is 0. The lowest BCUT2D eigenvalue weighted by molar-refractivity contribution is 0.161. The van der Waals surface area contributed by atoms with Crippen LogP contribution in [0.15, 0.2) is 24.5 Å². The standard InChI is InChI=1S/C16H27NO/c1-2-3-4-5-6-7-8-9-16(18)14-15-10-12-17-13-11-15/h10-13,16,18H,2-9,14H2,1H3. The zero-order valence-corrected chi connectivity index (χ0v) is 11.6. The van der Waals surface area contributed by atoms with Crippen LogP contribution < -0.4 is 0 Å². The average Bonchev–Trinajstić information content (AvgIpc) is 2.39. The van der Waals surface area contributed by atoms with E-state index >= 15 is 0 Å². The molecule has 1 unspecified atom stereocenters. The van der Waals surface area contributed by atoms with Gasteiger partial charge in [0.2, 0.25) is 0 Å². The first-order chi connectivity index (χ1) is 8.83. The molecule has 1 rings (SSSR count). The van der Waals surface area contributed by atoms with Crippen LogP contribution in [0.5, 0.6) is 0 Å². The van der Waals surface area contributed by atoms with Crippen molar-refractivity contribution in [3.05, 3.63) is 30.1 Å². The lowest BCUT2D eigenvalue weighted by atomic mass is 10.0. The van der Waals surface area contributed by atoms with E-state index in [-0.39, 0.29) is 6.10 Å². The van der Waals surface area contributed by atoms with Crippen LogP contribution in [0, 0.1) is 0 Å². The quantitative estimate of drug-likeness (QED) is 0.633. The molecule has 0 saturated heterocycles. The Morgan fingerprint density at radius 2 is 1.61 bits per heavy atom. The van der Waals surface area contributed by atoms with Crippen molar-refractivity contribution in [1.82, 2.24) is 4.98 Å². The molecular formula is C16H27NO. The average molecular weight is 249 g/mol. The molecule has 0 fully saturated rings. The number of nitrogens with zero attached hydrogens (tertiary/aromatic N) is 1. The van der Waals surface area contributed by atoms with Crippen molar-refractivity contribution in [2.45, 2.75) is 70.8 Å². The number of hydrogen-bond donors (Lipinski definition) is 1. The zero-order chi connectivity index (χ0) is 13.1. The fraction of sp³-hybridized carbons (Fsp3) is 0.688. The van der Waals surface area contributed by atoms with Gasteiger partial charge in [-0.05, 0) is 30.5 Å². The van der Waals surface area contributed by atoms with Crippen LogP contribution in [0.25, 0.3) is 0 Å². The maximum absolute atomic E-state index is 9.92. The monoisotopic (exact) mass is 249 g/mol. The Hall–Kier alpha value is -0.890. The topological polar surface area (TPSA) is 33.1 Å². The molecule has 0 aliphatic rings. The highest BCUT2D eigenvalue weighted by Crippen LogP contribution is 2.12. The van der Waals surface area contributed by atoms with Gasteiger partial charge in [-0.2, -0.15) is 0 Å². The predicted octanol–water partition coefficient (Wildman–Crippen LogP) is 4.13. The Kier molecular flexibility index (Phi) is 8.49. The Morgan fingerprint density at radius 3 is 2.28 bits per heavy atom. The van der Waals surface area contributed by atoms with Crippen molar-refractivity contribution >= 4 is 0 Å². The second kappa shape index (κ2) is 10.1. The molecule has 0 aromatic carbocycles. The van der Waals surface area contributed by atoms with E-state index in [1.807, 2.05) is 12.1 Å². The van der Waals surface area contributed by atoms with Gasteiger partial charge in [0, 0.05) is 12.4 Å². The van der Waals surface area contributed by atoms with E-state index < -0.39 is 0 Å². The summed E-state index contributed by atoms with van der Waals surface area (Å²) in [5.74, 6) is 0. The second-order valence-electron chi connectivity index (χ2n) is 5.12. The van der Waals surface area contributed by atoms with Crippen LogP contribution in [0.4, 0.5) is 0 Å². The molecule has 0 spiro atoms. The van der Waals surface area contributed by atoms with Crippen molar-refractivity contribution < 1.29 is 5.11 Å². The van der Waals surface area contributed by atoms with Gasteiger partial charge in [0.05, 0.1) is 6.10 Å². The molecule has 0 aliphatic carbocycles. The number of pyridine rings is 1. The minimum absolute atomic E-state index is 0.192. The van der Waals surface area contributed by atoms with E-state index in [2.05, 4.69) is 11.9 Å². The summed E-state index contributed by atoms with van der Waals surface area (Å²) in [6.07, 6.45) is 14.2. The summed E-state index contributed by atoms with van der Waals surface area (Å²) >= 11 is 0. The van der Waals surface area contributed by atoms with Gasteiger partial charge in [-0.1, -0.05) is 51.9 Å². The van der Waals surface area contributed by atoms with Crippen molar-refractivity contribution in [2.24, 2.45) is 0 Å². The third kappa shape index (κ3) is 7.44. The molecule has 1 N–H and O–H groups in total. The highest BCUT2D eigenvalue weighted by molar-refractivity contribution is 5.10. The summed E-state index contributed by atoms with van der Waals surface area (Å²) in [5, 5.41) is 9.92. The lowest BCUT2D eigenvalue weighted by Crippen LogP contribution is -2.10. The summed E-state index contributed by atoms with van der Waals surface area (Å²) in [6, 6.07) is 3.96. The largest absolute Gasteiger partial charge is 0.393 e. The number of aliphatic hydroxyl groups excluding tert-OH is 1. The predicted molar refractivity (Wildman–Crippen MR) is 76.6 cm³/mol. The van der Waals surface area contributed by atoms with Crippen molar-refractivity contribution in [3.63, 3.8) is 0 Å². The first-order valence-electron chi connectivity index (χ1n) is 7.40. The van der Waals surface area contributed by atoms with Crippen molar-refractivity contribution in [2.75, 3.05) is 0 Å². The molecule has 1 heterocycles. The highest BCUT2D eigenvalue weighted by atomic mass is 16.3. The number of aliphatic hydroxyl groups is 1. The summed E-state index contributed by atoms with van der Waals surface area (Å²) in [6.45, 7) is 2.25. The maximum Gasteiger partial charge on any atom is 0.0580 e. The maximum atomic E-state index is 9.92. The lowest BCUT2D eigenvalue weighted by Gasteiger charge is -2.10. The van der Waals surface area contributed by atoms with Gasteiger partial charge in [-0.3, -0.25) is 4.98 Å². The molecule has 2 heteroatoms. The van der Waals surface area contributed by atoms with Crippen LogP contribution in [0.1, 0.15) is 63.9 Å². The number of aromatic nitrogens is 1. The number of hydrogen-bond acceptors (Lipinski definition) is 2. The molecule has 0 bridgehead atoms. The number of rotatable bonds is 10. The second-order valence-corrected chi connectivity index (χ2v) is 5.12. The van der Waals surface area contributed by atoms with Gasteiger partial charge in [0.15, 0.2) is 0 Å². The smallest absolute Gasteiger partial charge is 0.0580 e. The van der Waals surface area contributed by atoms with E-state index in [0.29, 0.717) is 0 Å². The van der Waals surface area contributed by atoms with Gasteiger partial charge < -0.3 is 5.11 Å². The van der Waals surface area contributed by atoms with Gasteiger partial charge in [-0.25, -0.2) is 0 Å². The van der Waals surface area contributed by atoms with E-state index in [4.69, 9.17) is 0 Å². The van der Waals surface area contributed by atoms with Gasteiger partial charge in [-0.15, -0.1) is 0 Å². The Balaban J connectivity index is 1.99. The molecular weight excluding hydrogens is 222 g/mol. The minimum Gasteiger partial charge on any atom is -0.393 e. The molecule has 18 heavy (non-hydrogen) atoms. The summed E-state index contributed by atoms with van der Waals surface area (Å²) in [4.78, 5) is 3.98. The molecule has 0 saturated carbocycles. The normalized spacial score (nSPS) is 12.6. The third-order valence-electron chi connectivity index (χ3n) is 3.36. The van der Waals surface area contributed by atoms with E-state index in [1.54, 1.807) is 12.4 Å². The molecule has 1 aromatic heterocycles. The Morgan fingerprint density at radius 1 is 1.00 bits per heavy atom. The summed E-state index contributed by atoms with van der Waals surface area (Å²) in [5.41, 5.74) is 1.18. The Labute approximate surface area is 111 Å². The van der Waals surface area contributed by atoms with Gasteiger partial charge >= 0.3 is 0 Å². The minimum atomic E-state index is -0.192. The van der Waals surface area contributed by atoms with Crippen LogP contribution in [-0.2, 0) is 6.42 Å². The van der Waals surface area contributed by atoms with Crippen LogP contribution in [0.2, 0.25) is 0 Å². The molecule has 0 amide bonds. The first kappa shape index (κ1) is 15.2. The SMILES string of the molecule is CCCCCCCCCC(O)Cc1ccncc1. The van der Waals surface area contributed by atoms with E-state index in [1.165, 1.54) is 44.1 Å². The molecule has 2 nitrogen and oxygen atoms in total. The van der Waals surface area contributed by atoms with E-state index in [9.17, 15) is 5.11 Å². The van der Waals surface area contributed by atoms with Crippen LogP contribution in [0.3, 0.4) is 0 Å².